The Morgan fingerprint density at radius 3 is 2.78 bits per heavy atom. The molecule has 2 unspecified atom stereocenters. The molecule has 0 N–H and O–H groups in total. The Morgan fingerprint density at radius 2 is 2.56 bits per heavy atom. The summed E-state index contributed by atoms with van der Waals surface area (Å²) in [6.07, 6.45) is 3.13. The number of ether oxygens (including phenoxy) is 1. The smallest absolute Gasteiger partial charge is 0.331 e. The molecular formula is C6H7BrO2. The van der Waals surface area contributed by atoms with Crippen molar-refractivity contribution in [1.82, 2.24) is 0 Å². The molecule has 3 heteroatoms. The Morgan fingerprint density at radius 1 is 1.89 bits per heavy atom. The topological polar surface area (TPSA) is 26.3 Å². The molecule has 0 spiro atoms. The molecule has 1 heterocycles. The molecule has 0 saturated carbocycles. The molecule has 50 valence electrons. The number of rotatable bonds is 1. The van der Waals surface area contributed by atoms with Crippen molar-refractivity contribution in [2.24, 2.45) is 0 Å². The molecule has 0 aromatic heterocycles. The minimum absolute atomic E-state index is 0.0718. The standard InChI is InChI=1S/C6H7BrO2/c1-4(7)5-2-3-6(8)9-5/h2-5H,1H3. The fraction of sp³-hybridized carbons (Fsp3) is 0.500. The fourth-order valence-corrected chi connectivity index (χ4v) is 0.917. The predicted octanol–water partition coefficient (Wildman–Crippen LogP) is 1.25. The quantitative estimate of drug-likeness (QED) is 0.460. The number of carbonyl (C=O) groups is 1. The molecular weight excluding hydrogens is 184 g/mol. The van der Waals surface area contributed by atoms with Gasteiger partial charge in [-0.25, -0.2) is 4.79 Å². The Kier molecular flexibility index (Phi) is 1.90. The number of alkyl halides is 1. The normalized spacial score (nSPS) is 28.2. The van der Waals surface area contributed by atoms with Crippen LogP contribution in [0.1, 0.15) is 6.92 Å². The van der Waals surface area contributed by atoms with E-state index in [0.717, 1.165) is 0 Å². The highest BCUT2D eigenvalue weighted by molar-refractivity contribution is 9.09. The molecule has 0 amide bonds. The van der Waals surface area contributed by atoms with Crippen LogP contribution in [0.4, 0.5) is 0 Å². The molecule has 0 saturated heterocycles. The highest BCUT2D eigenvalue weighted by Crippen LogP contribution is 2.14. The molecule has 9 heavy (non-hydrogen) atoms. The number of carbonyl (C=O) groups excluding carboxylic acids is 1. The van der Waals surface area contributed by atoms with Gasteiger partial charge in [-0.15, -0.1) is 0 Å². The van der Waals surface area contributed by atoms with Gasteiger partial charge in [0.05, 0.1) is 4.83 Å². The first kappa shape index (κ1) is 6.81. The second-order valence-electron chi connectivity index (χ2n) is 1.94. The van der Waals surface area contributed by atoms with Gasteiger partial charge in [0, 0.05) is 6.08 Å². The van der Waals surface area contributed by atoms with E-state index in [2.05, 4.69) is 15.9 Å². The third kappa shape index (κ3) is 1.55. The minimum atomic E-state index is -0.244. The number of hydrogen-bond donors (Lipinski definition) is 0. The van der Waals surface area contributed by atoms with Crippen LogP contribution >= 0.6 is 15.9 Å². The molecule has 1 aliphatic rings. The van der Waals surface area contributed by atoms with Gasteiger partial charge in [0.1, 0.15) is 6.10 Å². The lowest BCUT2D eigenvalue weighted by Gasteiger charge is -2.08. The summed E-state index contributed by atoms with van der Waals surface area (Å²) in [5.41, 5.74) is 0. The zero-order valence-corrected chi connectivity index (χ0v) is 6.59. The lowest BCUT2D eigenvalue weighted by atomic mass is 10.3. The van der Waals surface area contributed by atoms with Gasteiger partial charge in [0.2, 0.25) is 0 Å². The van der Waals surface area contributed by atoms with Crippen molar-refractivity contribution < 1.29 is 9.53 Å². The Hall–Kier alpha value is -0.310. The lowest BCUT2D eigenvalue weighted by Crippen LogP contribution is -2.16. The van der Waals surface area contributed by atoms with E-state index in [9.17, 15) is 4.79 Å². The van der Waals surface area contributed by atoms with Crippen LogP contribution < -0.4 is 0 Å². The molecule has 0 radical (unpaired) electrons. The van der Waals surface area contributed by atoms with Crippen molar-refractivity contribution in [3.05, 3.63) is 12.2 Å². The van der Waals surface area contributed by atoms with Crippen molar-refractivity contribution in [2.75, 3.05) is 0 Å². The molecule has 2 atom stereocenters. The van der Waals surface area contributed by atoms with Crippen molar-refractivity contribution in [1.29, 1.82) is 0 Å². The van der Waals surface area contributed by atoms with E-state index < -0.39 is 0 Å². The monoisotopic (exact) mass is 190 g/mol. The van der Waals surface area contributed by atoms with Crippen molar-refractivity contribution in [3.63, 3.8) is 0 Å². The van der Waals surface area contributed by atoms with E-state index in [1.807, 2.05) is 6.92 Å². The van der Waals surface area contributed by atoms with Crippen molar-refractivity contribution in [2.45, 2.75) is 17.9 Å². The number of esters is 1. The minimum Gasteiger partial charge on any atom is -0.454 e. The zero-order chi connectivity index (χ0) is 6.85. The summed E-state index contributed by atoms with van der Waals surface area (Å²) in [5, 5.41) is 0. The van der Waals surface area contributed by atoms with Crippen LogP contribution in [0.25, 0.3) is 0 Å². The van der Waals surface area contributed by atoms with Gasteiger partial charge in [0.15, 0.2) is 0 Å². The number of cyclic esters (lactones) is 1. The second kappa shape index (κ2) is 2.52. The summed E-state index contributed by atoms with van der Waals surface area (Å²) in [4.78, 5) is 10.6. The Labute approximate surface area is 62.0 Å². The average Bonchev–Trinajstić information content (AvgIpc) is 2.14. The summed E-state index contributed by atoms with van der Waals surface area (Å²) < 4.78 is 4.83. The summed E-state index contributed by atoms with van der Waals surface area (Å²) >= 11 is 3.30. The first-order valence-electron chi connectivity index (χ1n) is 2.73. The molecule has 1 aliphatic heterocycles. The highest BCUT2D eigenvalue weighted by atomic mass is 79.9. The van der Waals surface area contributed by atoms with Crippen LogP contribution in [0.5, 0.6) is 0 Å². The Balaban J connectivity index is 2.50. The van der Waals surface area contributed by atoms with E-state index >= 15 is 0 Å². The lowest BCUT2D eigenvalue weighted by molar-refractivity contribution is -0.138. The van der Waals surface area contributed by atoms with Crippen LogP contribution in [-0.2, 0) is 9.53 Å². The van der Waals surface area contributed by atoms with Crippen molar-refractivity contribution in [3.8, 4) is 0 Å². The zero-order valence-electron chi connectivity index (χ0n) is 5.00. The van der Waals surface area contributed by atoms with E-state index in [4.69, 9.17) is 4.74 Å². The van der Waals surface area contributed by atoms with Crippen LogP contribution in [0.3, 0.4) is 0 Å². The van der Waals surface area contributed by atoms with E-state index in [0.29, 0.717) is 0 Å². The molecule has 0 aliphatic carbocycles. The van der Waals surface area contributed by atoms with Crippen LogP contribution in [0.15, 0.2) is 12.2 Å². The number of halogens is 1. The van der Waals surface area contributed by atoms with Gasteiger partial charge in [0.25, 0.3) is 0 Å². The maximum atomic E-state index is 10.4. The van der Waals surface area contributed by atoms with Gasteiger partial charge < -0.3 is 4.74 Å². The molecule has 0 fully saturated rings. The first-order chi connectivity index (χ1) is 4.20. The van der Waals surface area contributed by atoms with Gasteiger partial charge in [-0.3, -0.25) is 0 Å². The first-order valence-corrected chi connectivity index (χ1v) is 3.64. The van der Waals surface area contributed by atoms with Crippen LogP contribution in [-0.4, -0.2) is 16.9 Å². The predicted molar refractivity (Wildman–Crippen MR) is 37.4 cm³/mol. The SMILES string of the molecule is CC(Br)C1C=CC(=O)O1. The third-order valence-corrected chi connectivity index (χ3v) is 1.65. The Bertz CT molecular complexity index is 151. The fourth-order valence-electron chi connectivity index (χ4n) is 0.633. The van der Waals surface area contributed by atoms with E-state index in [1.54, 1.807) is 6.08 Å². The molecule has 0 aromatic carbocycles. The van der Waals surface area contributed by atoms with Crippen molar-refractivity contribution >= 4 is 21.9 Å². The number of hydrogen-bond acceptors (Lipinski definition) is 2. The van der Waals surface area contributed by atoms with Gasteiger partial charge >= 0.3 is 5.97 Å². The summed E-state index contributed by atoms with van der Waals surface area (Å²) in [5.74, 6) is -0.244. The van der Waals surface area contributed by atoms with E-state index in [1.165, 1.54) is 6.08 Å². The van der Waals surface area contributed by atoms with Gasteiger partial charge in [-0.1, -0.05) is 15.9 Å². The highest BCUT2D eigenvalue weighted by Gasteiger charge is 2.20. The van der Waals surface area contributed by atoms with Crippen LogP contribution in [0, 0.1) is 0 Å². The summed E-state index contributed by atoms with van der Waals surface area (Å²) in [6.45, 7) is 1.94. The molecule has 2 nitrogen and oxygen atoms in total. The van der Waals surface area contributed by atoms with Gasteiger partial charge in [-0.05, 0) is 13.0 Å². The second-order valence-corrected chi connectivity index (χ2v) is 3.38. The molecule has 1 rings (SSSR count). The summed E-state index contributed by atoms with van der Waals surface area (Å²) in [7, 11) is 0. The van der Waals surface area contributed by atoms with Crippen LogP contribution in [0.2, 0.25) is 0 Å². The molecule has 0 bridgehead atoms. The maximum absolute atomic E-state index is 10.4. The summed E-state index contributed by atoms with van der Waals surface area (Å²) in [6, 6.07) is 0. The van der Waals surface area contributed by atoms with Gasteiger partial charge in [-0.2, -0.15) is 0 Å². The maximum Gasteiger partial charge on any atom is 0.331 e. The average molecular weight is 191 g/mol. The largest absolute Gasteiger partial charge is 0.454 e. The third-order valence-electron chi connectivity index (χ3n) is 1.13. The van der Waals surface area contributed by atoms with E-state index in [-0.39, 0.29) is 16.9 Å². The molecule has 0 aromatic rings.